The van der Waals surface area contributed by atoms with Crippen LogP contribution in [0.5, 0.6) is 5.75 Å². The van der Waals surface area contributed by atoms with Gasteiger partial charge >= 0.3 is 0 Å². The zero-order chi connectivity index (χ0) is 13.6. The van der Waals surface area contributed by atoms with Gasteiger partial charge in [0.15, 0.2) is 0 Å². The number of hydrogen-bond acceptors (Lipinski definition) is 3. The fourth-order valence-corrected chi connectivity index (χ4v) is 4.35. The number of rotatable bonds is 2. The van der Waals surface area contributed by atoms with Gasteiger partial charge in [-0.15, -0.1) is 0 Å². The molecule has 3 rings (SSSR count). The van der Waals surface area contributed by atoms with E-state index >= 15 is 0 Å². The van der Waals surface area contributed by atoms with E-state index in [9.17, 15) is 10.2 Å². The van der Waals surface area contributed by atoms with Crippen molar-refractivity contribution in [2.75, 3.05) is 20.2 Å². The Morgan fingerprint density at radius 3 is 2.95 bits per heavy atom. The SMILES string of the molecule is C[C@H]1[C@H]2Cc3ccc(O)cc3C1(CCO)CCN2C. The van der Waals surface area contributed by atoms with Crippen molar-refractivity contribution in [3.63, 3.8) is 0 Å². The quantitative estimate of drug-likeness (QED) is 0.854. The summed E-state index contributed by atoms with van der Waals surface area (Å²) < 4.78 is 0. The predicted molar refractivity (Wildman–Crippen MR) is 75.4 cm³/mol. The number of aliphatic hydroxyl groups is 1. The molecule has 1 aromatic rings. The molecule has 19 heavy (non-hydrogen) atoms. The Kier molecular flexibility index (Phi) is 3.06. The van der Waals surface area contributed by atoms with E-state index < -0.39 is 0 Å². The first-order chi connectivity index (χ1) is 9.08. The van der Waals surface area contributed by atoms with Crippen LogP contribution < -0.4 is 0 Å². The highest BCUT2D eigenvalue weighted by atomic mass is 16.3. The molecule has 1 saturated heterocycles. The molecule has 3 atom stereocenters. The molecule has 104 valence electrons. The van der Waals surface area contributed by atoms with Gasteiger partial charge in [-0.05, 0) is 62.0 Å². The normalized spacial score (nSPS) is 34.1. The van der Waals surface area contributed by atoms with Gasteiger partial charge in [0.1, 0.15) is 5.75 Å². The number of likely N-dealkylation sites (tertiary alicyclic amines) is 1. The monoisotopic (exact) mass is 261 g/mol. The first kappa shape index (κ1) is 12.9. The lowest BCUT2D eigenvalue weighted by molar-refractivity contribution is 0.0265. The average molecular weight is 261 g/mol. The van der Waals surface area contributed by atoms with E-state index in [0.29, 0.717) is 17.7 Å². The maximum absolute atomic E-state index is 9.83. The van der Waals surface area contributed by atoms with Crippen LogP contribution in [0.1, 0.15) is 30.9 Å². The summed E-state index contributed by atoms with van der Waals surface area (Å²) in [4.78, 5) is 2.45. The Balaban J connectivity index is 2.15. The van der Waals surface area contributed by atoms with Crippen molar-refractivity contribution in [2.24, 2.45) is 5.92 Å². The van der Waals surface area contributed by atoms with E-state index in [1.165, 1.54) is 11.1 Å². The van der Waals surface area contributed by atoms with Crippen LogP contribution in [0.25, 0.3) is 0 Å². The standard InChI is InChI=1S/C16H23NO2/c1-11-15-9-12-3-4-13(19)10-14(12)16(11,6-8-18)5-7-17(15)2/h3-4,10-11,15,18-19H,5-9H2,1-2H3/t11-,15+,16?/m0/s1. The number of aliphatic hydroxyl groups excluding tert-OH is 1. The number of nitrogens with zero attached hydrogens (tertiary/aromatic N) is 1. The van der Waals surface area contributed by atoms with Crippen molar-refractivity contribution in [1.82, 2.24) is 4.90 Å². The zero-order valence-corrected chi connectivity index (χ0v) is 11.8. The first-order valence-corrected chi connectivity index (χ1v) is 7.22. The molecule has 0 saturated carbocycles. The van der Waals surface area contributed by atoms with E-state index in [-0.39, 0.29) is 12.0 Å². The highest BCUT2D eigenvalue weighted by Crippen LogP contribution is 2.51. The summed E-state index contributed by atoms with van der Waals surface area (Å²) in [5.74, 6) is 0.869. The number of fused-ring (bicyclic) bond motifs is 4. The second kappa shape index (κ2) is 4.50. The van der Waals surface area contributed by atoms with Crippen LogP contribution in [0.4, 0.5) is 0 Å². The van der Waals surface area contributed by atoms with Crippen molar-refractivity contribution < 1.29 is 10.2 Å². The summed E-state index contributed by atoms with van der Waals surface area (Å²) in [5, 5.41) is 19.4. The molecule has 2 N–H and O–H groups in total. The number of piperidine rings is 1. The number of hydrogen-bond donors (Lipinski definition) is 2. The molecule has 1 aromatic carbocycles. The van der Waals surface area contributed by atoms with Gasteiger partial charge < -0.3 is 15.1 Å². The third kappa shape index (κ3) is 1.79. The topological polar surface area (TPSA) is 43.7 Å². The smallest absolute Gasteiger partial charge is 0.115 e. The molecule has 3 nitrogen and oxygen atoms in total. The molecule has 0 spiro atoms. The Morgan fingerprint density at radius 1 is 1.42 bits per heavy atom. The third-order valence-electron chi connectivity index (χ3n) is 5.54. The molecule has 0 amide bonds. The number of phenols is 1. The minimum absolute atomic E-state index is 0.0399. The molecule has 1 heterocycles. The second-order valence-electron chi connectivity index (χ2n) is 6.26. The third-order valence-corrected chi connectivity index (χ3v) is 5.54. The number of benzene rings is 1. The van der Waals surface area contributed by atoms with Crippen LogP contribution in [0, 0.1) is 5.92 Å². The highest BCUT2D eigenvalue weighted by molar-refractivity contribution is 5.44. The van der Waals surface area contributed by atoms with Gasteiger partial charge in [0.05, 0.1) is 0 Å². The maximum Gasteiger partial charge on any atom is 0.115 e. The van der Waals surface area contributed by atoms with Gasteiger partial charge in [-0.25, -0.2) is 0 Å². The fourth-order valence-electron chi connectivity index (χ4n) is 4.35. The van der Waals surface area contributed by atoms with Crippen molar-refractivity contribution in [3.05, 3.63) is 29.3 Å². The number of likely N-dealkylation sites (N-methyl/N-ethyl adjacent to an activating group) is 1. The minimum atomic E-state index is 0.0399. The summed E-state index contributed by atoms with van der Waals surface area (Å²) in [6.45, 7) is 3.60. The second-order valence-corrected chi connectivity index (χ2v) is 6.26. The van der Waals surface area contributed by atoms with Crippen LogP contribution in [0.3, 0.4) is 0 Å². The van der Waals surface area contributed by atoms with E-state index in [2.05, 4.69) is 24.9 Å². The number of aromatic hydroxyl groups is 1. The molecule has 1 aliphatic heterocycles. The Labute approximate surface area is 114 Å². The number of phenolic OH excluding ortho intramolecular Hbond substituents is 1. The lowest BCUT2D eigenvalue weighted by atomic mass is 9.56. The minimum Gasteiger partial charge on any atom is -0.508 e. The van der Waals surface area contributed by atoms with Crippen LogP contribution in [0.15, 0.2) is 18.2 Å². The molecule has 1 aliphatic carbocycles. The summed E-state index contributed by atoms with van der Waals surface area (Å²) in [6.07, 6.45) is 2.92. The average Bonchev–Trinajstić information content (AvgIpc) is 2.38. The van der Waals surface area contributed by atoms with Crippen molar-refractivity contribution in [3.8, 4) is 5.75 Å². The van der Waals surface area contributed by atoms with Gasteiger partial charge in [0.25, 0.3) is 0 Å². The molecule has 0 radical (unpaired) electrons. The van der Waals surface area contributed by atoms with E-state index in [1.807, 2.05) is 6.07 Å². The van der Waals surface area contributed by atoms with Gasteiger partial charge in [0, 0.05) is 18.1 Å². The Morgan fingerprint density at radius 2 is 2.21 bits per heavy atom. The van der Waals surface area contributed by atoms with Crippen LogP contribution in [-0.2, 0) is 11.8 Å². The maximum atomic E-state index is 9.83. The summed E-state index contributed by atoms with van der Waals surface area (Å²) in [7, 11) is 2.20. The van der Waals surface area contributed by atoms with E-state index in [1.54, 1.807) is 6.07 Å². The van der Waals surface area contributed by atoms with Crippen molar-refractivity contribution in [2.45, 2.75) is 37.6 Å². The summed E-state index contributed by atoms with van der Waals surface area (Å²) in [6, 6.07) is 6.34. The van der Waals surface area contributed by atoms with Gasteiger partial charge in [-0.2, -0.15) is 0 Å². The molecule has 3 heteroatoms. The Hall–Kier alpha value is -1.06. The molecule has 2 bridgehead atoms. The summed E-state index contributed by atoms with van der Waals surface area (Å²) >= 11 is 0. The lowest BCUT2D eigenvalue weighted by Crippen LogP contribution is -2.58. The highest BCUT2D eigenvalue weighted by Gasteiger charge is 2.49. The predicted octanol–water partition coefficient (Wildman–Crippen LogP) is 1.91. The van der Waals surface area contributed by atoms with Gasteiger partial charge in [-0.1, -0.05) is 13.0 Å². The molecular formula is C16H23NO2. The Bertz CT molecular complexity index is 488. The molecular weight excluding hydrogens is 238 g/mol. The first-order valence-electron chi connectivity index (χ1n) is 7.22. The van der Waals surface area contributed by atoms with Crippen LogP contribution >= 0.6 is 0 Å². The van der Waals surface area contributed by atoms with Gasteiger partial charge in [0.2, 0.25) is 0 Å². The molecule has 2 aliphatic rings. The van der Waals surface area contributed by atoms with Gasteiger partial charge in [-0.3, -0.25) is 0 Å². The molecule has 1 unspecified atom stereocenters. The lowest BCUT2D eigenvalue weighted by Gasteiger charge is -2.55. The summed E-state index contributed by atoms with van der Waals surface area (Å²) in [5.41, 5.74) is 2.66. The zero-order valence-electron chi connectivity index (χ0n) is 11.8. The van der Waals surface area contributed by atoms with E-state index in [0.717, 1.165) is 25.8 Å². The largest absolute Gasteiger partial charge is 0.508 e. The van der Waals surface area contributed by atoms with Crippen LogP contribution in [-0.4, -0.2) is 41.4 Å². The van der Waals surface area contributed by atoms with Crippen molar-refractivity contribution in [1.29, 1.82) is 0 Å². The molecule has 1 fully saturated rings. The van der Waals surface area contributed by atoms with Crippen LogP contribution in [0.2, 0.25) is 0 Å². The van der Waals surface area contributed by atoms with Crippen molar-refractivity contribution >= 4 is 0 Å². The fraction of sp³-hybridized carbons (Fsp3) is 0.625. The van der Waals surface area contributed by atoms with E-state index in [4.69, 9.17) is 0 Å². The molecule has 0 aromatic heterocycles.